The number of benzene rings is 3. The Morgan fingerprint density at radius 3 is 2.21 bits per heavy atom. The fraction of sp³-hybridized carbons (Fsp3) is 0.308. The third kappa shape index (κ3) is 3.96. The van der Waals surface area contributed by atoms with Crippen LogP contribution < -0.4 is 15.5 Å². The Hall–Kier alpha value is -3.94. The van der Waals surface area contributed by atoms with E-state index in [0.717, 1.165) is 34.2 Å². The Kier molecular flexibility index (Phi) is 5.88. The summed E-state index contributed by atoms with van der Waals surface area (Å²) in [5.41, 5.74) is 1.47. The Morgan fingerprint density at radius 1 is 0.853 bits per heavy atom. The Bertz CT molecular complexity index is 1250. The smallest absolute Gasteiger partial charge is 0.294 e. The molecule has 1 aliphatic carbocycles. The van der Waals surface area contributed by atoms with E-state index in [1.54, 1.807) is 12.1 Å². The van der Waals surface area contributed by atoms with Crippen molar-refractivity contribution in [2.24, 2.45) is 11.8 Å². The van der Waals surface area contributed by atoms with Crippen molar-refractivity contribution in [2.45, 2.75) is 25.7 Å². The van der Waals surface area contributed by atoms with E-state index >= 15 is 0 Å². The van der Waals surface area contributed by atoms with Crippen LogP contribution >= 0.6 is 0 Å². The minimum absolute atomic E-state index is 0.155. The number of fused-ring (bicyclic) bond motifs is 2. The van der Waals surface area contributed by atoms with Crippen LogP contribution in [-0.4, -0.2) is 29.8 Å². The molecular weight excluding hydrogens is 432 g/mol. The van der Waals surface area contributed by atoms with Gasteiger partial charge in [0.05, 0.1) is 22.4 Å². The molecule has 0 aromatic heterocycles. The summed E-state index contributed by atoms with van der Waals surface area (Å²) in [4.78, 5) is 38.2. The maximum atomic E-state index is 12.9. The highest BCUT2D eigenvalue weighted by atomic mass is 16.6. The standard InChI is InChI=1S/C26H26N4O4/c31-25-20-9-3-4-10-21(20)26(32)29(25)18-12-13-23(24(16-18)30(33)34)28-15-14-27-22-11-5-7-17-6-1-2-8-19(17)22/h1-2,5-8,11-13,16,20-21,27-28H,3-4,9-10,14-15H2/t20-,21-/m0/s1. The van der Waals surface area contributed by atoms with E-state index in [9.17, 15) is 19.7 Å². The summed E-state index contributed by atoms with van der Waals surface area (Å²) in [6.45, 7) is 1.01. The molecule has 174 valence electrons. The van der Waals surface area contributed by atoms with Crippen molar-refractivity contribution in [1.29, 1.82) is 0 Å². The maximum Gasteiger partial charge on any atom is 0.294 e. The van der Waals surface area contributed by atoms with Gasteiger partial charge in [-0.25, -0.2) is 4.90 Å². The van der Waals surface area contributed by atoms with Gasteiger partial charge in [0.1, 0.15) is 5.69 Å². The second-order valence-electron chi connectivity index (χ2n) is 8.85. The fourth-order valence-electron chi connectivity index (χ4n) is 5.15. The van der Waals surface area contributed by atoms with Gasteiger partial charge in [0.2, 0.25) is 11.8 Å². The summed E-state index contributed by atoms with van der Waals surface area (Å²) >= 11 is 0. The predicted octanol–water partition coefficient (Wildman–Crippen LogP) is 4.95. The number of hydrogen-bond acceptors (Lipinski definition) is 6. The highest BCUT2D eigenvalue weighted by Gasteiger charge is 2.49. The molecule has 0 spiro atoms. The van der Waals surface area contributed by atoms with Gasteiger partial charge in [-0.05, 0) is 36.4 Å². The van der Waals surface area contributed by atoms with Crippen LogP contribution in [0.25, 0.3) is 10.8 Å². The molecule has 3 aromatic rings. The van der Waals surface area contributed by atoms with Crippen molar-refractivity contribution in [3.05, 3.63) is 70.8 Å². The normalized spacial score (nSPS) is 19.8. The maximum absolute atomic E-state index is 12.9. The monoisotopic (exact) mass is 458 g/mol. The summed E-state index contributed by atoms with van der Waals surface area (Å²) in [6, 6.07) is 18.6. The average molecular weight is 459 g/mol. The van der Waals surface area contributed by atoms with Gasteiger partial charge in [0, 0.05) is 30.2 Å². The first kappa shape index (κ1) is 21.9. The number of imide groups is 1. The second-order valence-corrected chi connectivity index (χ2v) is 8.85. The first-order valence-electron chi connectivity index (χ1n) is 11.7. The van der Waals surface area contributed by atoms with E-state index in [4.69, 9.17) is 0 Å². The molecule has 1 aliphatic heterocycles. The molecule has 2 fully saturated rings. The van der Waals surface area contributed by atoms with Gasteiger partial charge in [-0.2, -0.15) is 0 Å². The molecule has 3 aromatic carbocycles. The lowest BCUT2D eigenvalue weighted by Gasteiger charge is -2.19. The van der Waals surface area contributed by atoms with E-state index < -0.39 is 4.92 Å². The Balaban J connectivity index is 1.29. The van der Waals surface area contributed by atoms with Crippen molar-refractivity contribution in [1.82, 2.24) is 0 Å². The van der Waals surface area contributed by atoms with Crippen LogP contribution in [-0.2, 0) is 9.59 Å². The molecule has 2 aliphatic rings. The quantitative estimate of drug-likeness (QED) is 0.225. The number of nitrogens with zero attached hydrogens (tertiary/aromatic N) is 2. The molecule has 8 heteroatoms. The van der Waals surface area contributed by atoms with Gasteiger partial charge in [-0.15, -0.1) is 0 Å². The predicted molar refractivity (Wildman–Crippen MR) is 132 cm³/mol. The third-order valence-electron chi connectivity index (χ3n) is 6.82. The zero-order valence-electron chi connectivity index (χ0n) is 18.7. The van der Waals surface area contributed by atoms with Crippen molar-refractivity contribution < 1.29 is 14.5 Å². The molecule has 2 atom stereocenters. The van der Waals surface area contributed by atoms with E-state index in [0.29, 0.717) is 31.6 Å². The lowest BCUT2D eigenvalue weighted by Crippen LogP contribution is -2.30. The van der Waals surface area contributed by atoms with Gasteiger partial charge in [-0.3, -0.25) is 19.7 Å². The Morgan fingerprint density at radius 2 is 1.50 bits per heavy atom. The van der Waals surface area contributed by atoms with Gasteiger partial charge >= 0.3 is 0 Å². The molecule has 8 nitrogen and oxygen atoms in total. The van der Waals surface area contributed by atoms with Crippen LogP contribution in [0.3, 0.4) is 0 Å². The summed E-state index contributed by atoms with van der Waals surface area (Å²) in [5.74, 6) is -1.05. The number of rotatable bonds is 7. The molecule has 5 rings (SSSR count). The SMILES string of the molecule is O=C1[C@H]2CCCC[C@@H]2C(=O)N1c1ccc(NCCNc2cccc3ccccc23)c([N+](=O)[O-])c1. The van der Waals surface area contributed by atoms with E-state index in [1.807, 2.05) is 30.3 Å². The van der Waals surface area contributed by atoms with Crippen LogP contribution in [0.1, 0.15) is 25.7 Å². The molecular formula is C26H26N4O4. The third-order valence-corrected chi connectivity index (χ3v) is 6.82. The average Bonchev–Trinajstić information content (AvgIpc) is 3.12. The number of amides is 2. The lowest BCUT2D eigenvalue weighted by molar-refractivity contribution is -0.383. The highest BCUT2D eigenvalue weighted by molar-refractivity contribution is 6.22. The van der Waals surface area contributed by atoms with Gasteiger partial charge < -0.3 is 10.6 Å². The summed E-state index contributed by atoms with van der Waals surface area (Å²) in [7, 11) is 0. The number of nitro groups is 1. The van der Waals surface area contributed by atoms with Gasteiger partial charge in [-0.1, -0.05) is 49.2 Å². The molecule has 2 N–H and O–H groups in total. The zero-order valence-corrected chi connectivity index (χ0v) is 18.7. The first-order valence-corrected chi connectivity index (χ1v) is 11.7. The molecule has 34 heavy (non-hydrogen) atoms. The minimum atomic E-state index is -0.484. The van der Waals surface area contributed by atoms with Gasteiger partial charge in [0.15, 0.2) is 0 Å². The second kappa shape index (κ2) is 9.13. The van der Waals surface area contributed by atoms with Crippen molar-refractivity contribution >= 4 is 45.3 Å². The van der Waals surface area contributed by atoms with Crippen LogP contribution in [0.2, 0.25) is 0 Å². The number of nitrogens with one attached hydrogen (secondary N) is 2. The van der Waals surface area contributed by atoms with E-state index in [-0.39, 0.29) is 35.0 Å². The minimum Gasteiger partial charge on any atom is -0.383 e. The molecule has 0 bridgehead atoms. The van der Waals surface area contributed by atoms with Crippen molar-refractivity contribution in [3.63, 3.8) is 0 Å². The van der Waals surface area contributed by atoms with Crippen LogP contribution in [0, 0.1) is 22.0 Å². The summed E-state index contributed by atoms with van der Waals surface area (Å²) in [5, 5.41) is 20.5. The molecule has 1 saturated heterocycles. The van der Waals surface area contributed by atoms with Crippen molar-refractivity contribution in [3.8, 4) is 0 Å². The number of carbonyl (C=O) groups is 2. The summed E-state index contributed by atoms with van der Waals surface area (Å²) < 4.78 is 0. The molecule has 0 unspecified atom stereocenters. The van der Waals surface area contributed by atoms with Crippen molar-refractivity contribution in [2.75, 3.05) is 28.6 Å². The lowest BCUT2D eigenvalue weighted by atomic mass is 9.81. The first-order chi connectivity index (χ1) is 16.5. The van der Waals surface area contributed by atoms with Gasteiger partial charge in [0.25, 0.3) is 5.69 Å². The topological polar surface area (TPSA) is 105 Å². The molecule has 2 amide bonds. The number of carbonyl (C=O) groups excluding carboxylic acids is 2. The van der Waals surface area contributed by atoms with E-state index in [1.165, 1.54) is 6.07 Å². The number of hydrogen-bond donors (Lipinski definition) is 2. The molecule has 1 saturated carbocycles. The largest absolute Gasteiger partial charge is 0.383 e. The fourth-order valence-corrected chi connectivity index (χ4v) is 5.15. The Labute approximate surface area is 197 Å². The summed E-state index contributed by atoms with van der Waals surface area (Å²) in [6.07, 6.45) is 3.28. The molecule has 1 heterocycles. The zero-order chi connectivity index (χ0) is 23.7. The van der Waals surface area contributed by atoms with Crippen LogP contribution in [0.15, 0.2) is 60.7 Å². The van der Waals surface area contributed by atoms with Crippen LogP contribution in [0.4, 0.5) is 22.7 Å². The highest BCUT2D eigenvalue weighted by Crippen LogP contribution is 2.41. The molecule has 0 radical (unpaired) electrons. The number of anilines is 3. The number of nitro benzene ring substituents is 1. The van der Waals surface area contributed by atoms with E-state index in [2.05, 4.69) is 22.8 Å². The van der Waals surface area contributed by atoms with Crippen LogP contribution in [0.5, 0.6) is 0 Å².